The molecule has 0 fully saturated rings. The smallest absolute Gasteiger partial charge is 0.0543 e. The Labute approximate surface area is 306 Å². The molecule has 0 aliphatic heterocycles. The molecule has 0 aliphatic carbocycles. The molecule has 2 nitrogen and oxygen atoms in total. The van der Waals surface area contributed by atoms with Gasteiger partial charge in [-0.25, -0.2) is 0 Å². The maximum atomic E-state index is 2.43. The van der Waals surface area contributed by atoms with Gasteiger partial charge in [-0.15, -0.1) is 0 Å². The standard InChI is InChI=1S/C50H42N2/c1-31-13-21-37(22-14-31)51(38-23-15-32(2)16-24-38)45-29-35(5)47-44-12-8-10-42-46(30-36(6)48(50(42)44)43-11-7-9-41(45)49(43)47)52(39-25-17-33(3)18-26-39)40-27-19-34(4)20-28-40/h7-30H,1-6H3. The third-order valence-electron chi connectivity index (χ3n) is 10.9. The van der Waals surface area contributed by atoms with E-state index in [4.69, 9.17) is 0 Å². The van der Waals surface area contributed by atoms with Gasteiger partial charge in [0.05, 0.1) is 11.4 Å². The van der Waals surface area contributed by atoms with Crippen LogP contribution in [0.25, 0.3) is 43.1 Å². The van der Waals surface area contributed by atoms with Crippen molar-refractivity contribution in [1.82, 2.24) is 0 Å². The summed E-state index contributed by atoms with van der Waals surface area (Å²) in [6.07, 6.45) is 0. The monoisotopic (exact) mass is 670 g/mol. The van der Waals surface area contributed by atoms with E-state index in [1.165, 1.54) is 87.8 Å². The van der Waals surface area contributed by atoms with Crippen molar-refractivity contribution in [2.75, 3.05) is 9.80 Å². The molecule has 0 spiro atoms. The van der Waals surface area contributed by atoms with E-state index in [1.807, 2.05) is 0 Å². The van der Waals surface area contributed by atoms with E-state index in [0.717, 1.165) is 22.7 Å². The second-order valence-corrected chi connectivity index (χ2v) is 14.6. The highest BCUT2D eigenvalue weighted by molar-refractivity contribution is 6.36. The lowest BCUT2D eigenvalue weighted by atomic mass is 9.85. The van der Waals surface area contributed by atoms with E-state index in [2.05, 4.69) is 197 Å². The van der Waals surface area contributed by atoms with Crippen molar-refractivity contribution in [2.24, 2.45) is 0 Å². The van der Waals surface area contributed by atoms with Gasteiger partial charge in [0.2, 0.25) is 0 Å². The summed E-state index contributed by atoms with van der Waals surface area (Å²) in [6.45, 7) is 13.2. The van der Waals surface area contributed by atoms with Gasteiger partial charge in [0.1, 0.15) is 0 Å². The molecule has 0 saturated carbocycles. The number of fused-ring (bicyclic) bond motifs is 2. The zero-order valence-electron chi connectivity index (χ0n) is 30.8. The molecule has 0 amide bonds. The Morgan fingerprint density at radius 3 is 0.846 bits per heavy atom. The minimum atomic E-state index is 1.15. The molecule has 9 rings (SSSR count). The summed E-state index contributed by atoms with van der Waals surface area (Å²) in [6, 6.07) is 54.3. The normalized spacial score (nSPS) is 11.7. The van der Waals surface area contributed by atoms with Crippen molar-refractivity contribution >= 4 is 77.2 Å². The van der Waals surface area contributed by atoms with Crippen LogP contribution in [0.3, 0.4) is 0 Å². The van der Waals surface area contributed by atoms with Crippen molar-refractivity contribution in [3.8, 4) is 0 Å². The first-order valence-electron chi connectivity index (χ1n) is 18.3. The van der Waals surface area contributed by atoms with Crippen molar-refractivity contribution in [2.45, 2.75) is 41.5 Å². The van der Waals surface area contributed by atoms with E-state index < -0.39 is 0 Å². The third kappa shape index (κ3) is 5.09. The molecule has 2 heteroatoms. The Kier molecular flexibility index (Phi) is 7.52. The molecule has 0 heterocycles. The van der Waals surface area contributed by atoms with Gasteiger partial charge in [-0.2, -0.15) is 0 Å². The van der Waals surface area contributed by atoms with Gasteiger partial charge < -0.3 is 9.80 Å². The van der Waals surface area contributed by atoms with E-state index in [1.54, 1.807) is 0 Å². The topological polar surface area (TPSA) is 6.48 Å². The molecule has 52 heavy (non-hydrogen) atoms. The van der Waals surface area contributed by atoms with Crippen LogP contribution >= 0.6 is 0 Å². The fraction of sp³-hybridized carbons (Fsp3) is 0.120. The van der Waals surface area contributed by atoms with Crippen LogP contribution in [0.4, 0.5) is 34.1 Å². The molecule has 0 bridgehead atoms. The molecule has 0 aromatic heterocycles. The summed E-state index contributed by atoms with van der Waals surface area (Å²) >= 11 is 0. The maximum Gasteiger partial charge on any atom is 0.0543 e. The van der Waals surface area contributed by atoms with Crippen LogP contribution in [-0.4, -0.2) is 0 Å². The average molecular weight is 671 g/mol. The fourth-order valence-electron chi connectivity index (χ4n) is 8.29. The maximum absolute atomic E-state index is 2.43. The molecule has 252 valence electrons. The van der Waals surface area contributed by atoms with Gasteiger partial charge in [0.25, 0.3) is 0 Å². The quantitative estimate of drug-likeness (QED) is 0.128. The first kappa shape index (κ1) is 31.8. The summed E-state index contributed by atoms with van der Waals surface area (Å²) in [5.41, 5.74) is 14.6. The Bertz CT molecular complexity index is 2470. The molecule has 0 atom stereocenters. The summed E-state index contributed by atoms with van der Waals surface area (Å²) < 4.78 is 0. The largest absolute Gasteiger partial charge is 0.310 e. The summed E-state index contributed by atoms with van der Waals surface area (Å²) in [5, 5.41) is 10.4. The molecule has 0 unspecified atom stereocenters. The Balaban J connectivity index is 1.36. The number of anilines is 6. The van der Waals surface area contributed by atoms with Crippen LogP contribution in [0, 0.1) is 41.5 Å². The minimum absolute atomic E-state index is 1.15. The molecule has 0 radical (unpaired) electrons. The second-order valence-electron chi connectivity index (χ2n) is 14.6. The number of aryl methyl sites for hydroxylation is 6. The van der Waals surface area contributed by atoms with Gasteiger partial charge in [-0.1, -0.05) is 107 Å². The van der Waals surface area contributed by atoms with Crippen molar-refractivity contribution in [1.29, 1.82) is 0 Å². The Hall–Kier alpha value is -6.12. The number of rotatable bonds is 6. The molecule has 0 saturated heterocycles. The predicted molar refractivity (Wildman–Crippen MR) is 225 cm³/mol. The summed E-state index contributed by atoms with van der Waals surface area (Å²) in [7, 11) is 0. The number of nitrogens with zero attached hydrogens (tertiary/aromatic N) is 2. The second kappa shape index (κ2) is 12.3. The zero-order chi connectivity index (χ0) is 35.7. The van der Waals surface area contributed by atoms with E-state index in [0.29, 0.717) is 0 Å². The van der Waals surface area contributed by atoms with Crippen LogP contribution in [0.2, 0.25) is 0 Å². The average Bonchev–Trinajstić information content (AvgIpc) is 3.15. The van der Waals surface area contributed by atoms with Crippen molar-refractivity contribution in [3.63, 3.8) is 0 Å². The van der Waals surface area contributed by atoms with Gasteiger partial charge >= 0.3 is 0 Å². The summed E-state index contributed by atoms with van der Waals surface area (Å²) in [4.78, 5) is 4.86. The van der Waals surface area contributed by atoms with Crippen LogP contribution in [0.5, 0.6) is 0 Å². The molecule has 9 aromatic rings. The molecular weight excluding hydrogens is 629 g/mol. The fourth-order valence-corrected chi connectivity index (χ4v) is 8.29. The Morgan fingerprint density at radius 2 is 0.558 bits per heavy atom. The minimum Gasteiger partial charge on any atom is -0.310 e. The van der Waals surface area contributed by atoms with E-state index in [-0.39, 0.29) is 0 Å². The lowest BCUT2D eigenvalue weighted by molar-refractivity contribution is 1.27. The number of hydrogen-bond donors (Lipinski definition) is 0. The van der Waals surface area contributed by atoms with Crippen molar-refractivity contribution < 1.29 is 0 Å². The molecule has 0 N–H and O–H groups in total. The molecule has 9 aromatic carbocycles. The van der Waals surface area contributed by atoms with Crippen LogP contribution in [0.15, 0.2) is 146 Å². The van der Waals surface area contributed by atoms with Crippen molar-refractivity contribution in [3.05, 3.63) is 179 Å². The first-order chi connectivity index (χ1) is 25.3. The van der Waals surface area contributed by atoms with Crippen LogP contribution < -0.4 is 9.80 Å². The van der Waals surface area contributed by atoms with Crippen LogP contribution in [-0.2, 0) is 0 Å². The predicted octanol–water partition coefficient (Wildman–Crippen LogP) is 14.5. The number of hydrogen-bond acceptors (Lipinski definition) is 2. The SMILES string of the molecule is Cc1ccc(N(c2ccc(C)cc2)c2cc(C)c3c4cccc5c(N(c6ccc(C)cc6)c6ccc(C)cc6)cc(C)c(c6cccc2c63)c54)cc1. The lowest BCUT2D eigenvalue weighted by Crippen LogP contribution is -2.12. The molecule has 0 aliphatic rings. The summed E-state index contributed by atoms with van der Waals surface area (Å²) in [5.74, 6) is 0. The van der Waals surface area contributed by atoms with Crippen LogP contribution in [0.1, 0.15) is 33.4 Å². The first-order valence-corrected chi connectivity index (χ1v) is 18.3. The van der Waals surface area contributed by atoms with Gasteiger partial charge in [0, 0.05) is 33.5 Å². The van der Waals surface area contributed by atoms with Gasteiger partial charge in [-0.05, 0) is 146 Å². The van der Waals surface area contributed by atoms with Gasteiger partial charge in [-0.3, -0.25) is 0 Å². The highest BCUT2D eigenvalue weighted by Gasteiger charge is 2.24. The van der Waals surface area contributed by atoms with E-state index in [9.17, 15) is 0 Å². The van der Waals surface area contributed by atoms with Gasteiger partial charge in [0.15, 0.2) is 0 Å². The highest BCUT2D eigenvalue weighted by Crippen LogP contribution is 2.50. The highest BCUT2D eigenvalue weighted by atomic mass is 15.1. The lowest BCUT2D eigenvalue weighted by Gasteiger charge is -2.30. The number of benzene rings is 9. The Morgan fingerprint density at radius 1 is 0.288 bits per heavy atom. The third-order valence-corrected chi connectivity index (χ3v) is 10.9. The zero-order valence-corrected chi connectivity index (χ0v) is 30.8. The molecular formula is C50H42N2. The van der Waals surface area contributed by atoms with E-state index >= 15 is 0 Å².